The highest BCUT2D eigenvalue weighted by Crippen LogP contribution is 2.29. The van der Waals surface area contributed by atoms with Gasteiger partial charge >= 0.3 is 5.97 Å². The Labute approximate surface area is 130 Å². The van der Waals surface area contributed by atoms with Gasteiger partial charge in [0.25, 0.3) is 5.91 Å². The normalized spacial score (nSPS) is 10.5. The van der Waals surface area contributed by atoms with Crippen LogP contribution in [0, 0.1) is 13.8 Å². The maximum absolute atomic E-state index is 12.4. The molecule has 2 aromatic rings. The van der Waals surface area contributed by atoms with Gasteiger partial charge in [-0.05, 0) is 31.4 Å². The molecule has 2 aromatic heterocycles. The number of aryl methyl sites for hydroxylation is 2. The second-order valence-electron chi connectivity index (χ2n) is 4.42. The molecule has 0 aliphatic rings. The molecule has 110 valence electrons. The highest BCUT2D eigenvalue weighted by atomic mass is 35.5. The van der Waals surface area contributed by atoms with Gasteiger partial charge in [-0.2, -0.15) is 4.37 Å². The van der Waals surface area contributed by atoms with E-state index in [9.17, 15) is 14.7 Å². The van der Waals surface area contributed by atoms with Gasteiger partial charge in [-0.1, -0.05) is 11.6 Å². The van der Waals surface area contributed by atoms with E-state index in [4.69, 9.17) is 11.6 Å². The van der Waals surface area contributed by atoms with Crippen molar-refractivity contribution in [1.82, 2.24) is 9.36 Å². The number of nitrogens with zero attached hydrogens (tertiary/aromatic N) is 3. The third-order valence-corrected chi connectivity index (χ3v) is 4.22. The fraction of sp³-hybridized carbons (Fsp3) is 0.231. The van der Waals surface area contributed by atoms with Crippen molar-refractivity contribution in [1.29, 1.82) is 0 Å². The Bertz CT molecular complexity index is 729. The number of halogens is 1. The van der Waals surface area contributed by atoms with Crippen molar-refractivity contribution < 1.29 is 14.7 Å². The molecule has 0 saturated heterocycles. The van der Waals surface area contributed by atoms with Gasteiger partial charge in [-0.15, -0.1) is 0 Å². The predicted molar refractivity (Wildman–Crippen MR) is 80.5 cm³/mol. The molecule has 0 unspecified atom stereocenters. The van der Waals surface area contributed by atoms with Crippen LogP contribution >= 0.6 is 23.1 Å². The SMILES string of the molecule is Cc1cc(Cl)c(C(=O)N(C)c2snc(C)c2C(=O)O)cn1. The molecule has 0 aliphatic heterocycles. The molecule has 6 nitrogen and oxygen atoms in total. The van der Waals surface area contributed by atoms with Gasteiger partial charge in [-0.25, -0.2) is 4.79 Å². The third kappa shape index (κ3) is 2.88. The number of amides is 1. The first-order valence-electron chi connectivity index (χ1n) is 5.92. The highest BCUT2D eigenvalue weighted by Gasteiger charge is 2.25. The minimum absolute atomic E-state index is 0.0204. The summed E-state index contributed by atoms with van der Waals surface area (Å²) in [5.74, 6) is -1.55. The third-order valence-electron chi connectivity index (χ3n) is 2.89. The zero-order chi connectivity index (χ0) is 15.7. The lowest BCUT2D eigenvalue weighted by Crippen LogP contribution is -2.27. The number of aromatic nitrogens is 2. The maximum atomic E-state index is 12.4. The lowest BCUT2D eigenvalue weighted by molar-refractivity contribution is 0.0697. The molecule has 0 aromatic carbocycles. The molecule has 21 heavy (non-hydrogen) atoms. The highest BCUT2D eigenvalue weighted by molar-refractivity contribution is 7.11. The number of carboxylic acid groups (broad SMARTS) is 1. The standard InChI is InChI=1S/C13H12ClN3O3S/c1-6-4-9(14)8(5-15-6)11(18)17(3)12-10(13(19)20)7(2)16-21-12/h4-5H,1-3H3,(H,19,20). The van der Waals surface area contributed by atoms with E-state index in [0.717, 1.165) is 11.5 Å². The van der Waals surface area contributed by atoms with Crippen molar-refractivity contribution in [2.75, 3.05) is 11.9 Å². The van der Waals surface area contributed by atoms with E-state index in [-0.39, 0.29) is 21.2 Å². The molecule has 0 radical (unpaired) electrons. The molecular weight excluding hydrogens is 314 g/mol. The Morgan fingerprint density at radius 1 is 1.38 bits per heavy atom. The first kappa shape index (κ1) is 15.4. The summed E-state index contributed by atoms with van der Waals surface area (Å²) >= 11 is 7.00. The fourth-order valence-corrected chi connectivity index (χ4v) is 2.92. The molecule has 2 heterocycles. The summed E-state index contributed by atoms with van der Waals surface area (Å²) in [5, 5.41) is 9.76. The molecule has 0 atom stereocenters. The van der Waals surface area contributed by atoms with Crippen molar-refractivity contribution in [3.05, 3.63) is 39.8 Å². The quantitative estimate of drug-likeness (QED) is 0.938. The Morgan fingerprint density at radius 3 is 2.62 bits per heavy atom. The van der Waals surface area contributed by atoms with Crippen LogP contribution in [0.2, 0.25) is 5.02 Å². The van der Waals surface area contributed by atoms with Gasteiger partial charge in [0.1, 0.15) is 10.6 Å². The van der Waals surface area contributed by atoms with Gasteiger partial charge in [0.15, 0.2) is 0 Å². The fourth-order valence-electron chi connectivity index (χ4n) is 1.79. The van der Waals surface area contributed by atoms with E-state index < -0.39 is 11.9 Å². The minimum atomic E-state index is -1.12. The summed E-state index contributed by atoms with van der Waals surface area (Å²) in [6.07, 6.45) is 1.38. The predicted octanol–water partition coefficient (Wildman–Crippen LogP) is 2.78. The zero-order valence-corrected chi connectivity index (χ0v) is 13.1. The van der Waals surface area contributed by atoms with Crippen molar-refractivity contribution in [3.63, 3.8) is 0 Å². The first-order valence-corrected chi connectivity index (χ1v) is 7.07. The largest absolute Gasteiger partial charge is 0.478 e. The first-order chi connectivity index (χ1) is 9.82. The van der Waals surface area contributed by atoms with Crippen molar-refractivity contribution in [2.24, 2.45) is 0 Å². The molecule has 1 N–H and O–H groups in total. The number of carboxylic acids is 1. The van der Waals surface area contributed by atoms with Crippen molar-refractivity contribution >= 4 is 40.0 Å². The number of aromatic carboxylic acids is 1. The van der Waals surface area contributed by atoms with Crippen LogP contribution in [0.4, 0.5) is 5.00 Å². The molecule has 1 amide bonds. The van der Waals surface area contributed by atoms with Crippen LogP contribution in [-0.4, -0.2) is 33.4 Å². The number of carbonyl (C=O) groups excluding carboxylic acids is 1. The second-order valence-corrected chi connectivity index (χ2v) is 5.58. The van der Waals surface area contributed by atoms with Gasteiger partial charge in [0, 0.05) is 18.9 Å². The lowest BCUT2D eigenvalue weighted by atomic mass is 10.2. The van der Waals surface area contributed by atoms with Crippen molar-refractivity contribution in [3.8, 4) is 0 Å². The average molecular weight is 326 g/mol. The van der Waals surface area contributed by atoms with Crippen molar-refractivity contribution in [2.45, 2.75) is 13.8 Å². The van der Waals surface area contributed by atoms with E-state index >= 15 is 0 Å². The van der Waals surface area contributed by atoms with Gasteiger partial charge < -0.3 is 10.0 Å². The van der Waals surface area contributed by atoms with Crippen LogP contribution in [0.15, 0.2) is 12.3 Å². The van der Waals surface area contributed by atoms with Crippen LogP contribution in [0.3, 0.4) is 0 Å². The van der Waals surface area contributed by atoms with E-state index in [1.807, 2.05) is 0 Å². The van der Waals surface area contributed by atoms with Crippen LogP contribution in [0.5, 0.6) is 0 Å². The topological polar surface area (TPSA) is 83.4 Å². The number of hydrogen-bond acceptors (Lipinski definition) is 5. The number of carbonyl (C=O) groups is 2. The van der Waals surface area contributed by atoms with Crippen LogP contribution in [0.1, 0.15) is 32.1 Å². The van der Waals surface area contributed by atoms with Gasteiger partial charge in [0.2, 0.25) is 0 Å². The lowest BCUT2D eigenvalue weighted by Gasteiger charge is -2.16. The summed E-state index contributed by atoms with van der Waals surface area (Å²) in [6.45, 7) is 3.35. The second kappa shape index (κ2) is 5.79. The molecule has 0 saturated carbocycles. The number of pyridine rings is 1. The van der Waals surface area contributed by atoms with E-state index in [1.165, 1.54) is 18.1 Å². The smallest absolute Gasteiger partial charge is 0.340 e. The van der Waals surface area contributed by atoms with Crippen LogP contribution < -0.4 is 4.90 Å². The molecule has 0 spiro atoms. The molecule has 0 bridgehead atoms. The number of anilines is 1. The monoisotopic (exact) mass is 325 g/mol. The Morgan fingerprint density at radius 2 is 2.05 bits per heavy atom. The molecule has 0 fully saturated rings. The maximum Gasteiger partial charge on any atom is 0.340 e. The molecule has 0 aliphatic carbocycles. The summed E-state index contributed by atoms with van der Waals surface area (Å²) in [7, 11) is 1.48. The molecule has 2 rings (SSSR count). The number of rotatable bonds is 3. The van der Waals surface area contributed by atoms with Crippen LogP contribution in [-0.2, 0) is 0 Å². The Hall–Kier alpha value is -1.99. The summed E-state index contributed by atoms with van der Waals surface area (Å²) in [5.41, 5.74) is 1.30. The molecule has 8 heteroatoms. The zero-order valence-electron chi connectivity index (χ0n) is 11.5. The molecular formula is C13H12ClN3O3S. The van der Waals surface area contributed by atoms with E-state index in [2.05, 4.69) is 9.36 Å². The van der Waals surface area contributed by atoms with E-state index in [0.29, 0.717) is 11.4 Å². The summed E-state index contributed by atoms with van der Waals surface area (Å²) in [4.78, 5) is 29.0. The Balaban J connectivity index is 2.42. The Kier molecular flexibility index (Phi) is 4.24. The van der Waals surface area contributed by atoms with Gasteiger partial charge in [0.05, 0.1) is 16.3 Å². The van der Waals surface area contributed by atoms with Gasteiger partial charge in [-0.3, -0.25) is 9.78 Å². The minimum Gasteiger partial charge on any atom is -0.478 e. The van der Waals surface area contributed by atoms with Crippen LogP contribution in [0.25, 0.3) is 0 Å². The summed E-state index contributed by atoms with van der Waals surface area (Å²) < 4.78 is 3.99. The average Bonchev–Trinajstić information content (AvgIpc) is 2.79. The number of hydrogen-bond donors (Lipinski definition) is 1. The summed E-state index contributed by atoms with van der Waals surface area (Å²) in [6, 6.07) is 1.58. The van der Waals surface area contributed by atoms with E-state index in [1.54, 1.807) is 19.9 Å².